The molecule has 3 atom stereocenters. The van der Waals surface area contributed by atoms with Gasteiger partial charge < -0.3 is 10.0 Å². The number of amides is 1. The summed E-state index contributed by atoms with van der Waals surface area (Å²) in [4.78, 5) is 16.8. The molecule has 3 rings (SSSR count). The third-order valence-corrected chi connectivity index (χ3v) is 4.83. The van der Waals surface area contributed by atoms with Crippen LogP contribution in [0.15, 0.2) is 24.3 Å². The number of hydrogen-bond donors (Lipinski definition) is 1. The topological polar surface area (TPSA) is 43.8 Å². The highest BCUT2D eigenvalue weighted by molar-refractivity contribution is 6.30. The first-order valence-electron chi connectivity index (χ1n) is 7.99. The van der Waals surface area contributed by atoms with Crippen LogP contribution in [0.4, 0.5) is 0 Å². The van der Waals surface area contributed by atoms with Gasteiger partial charge in [-0.05, 0) is 37.0 Å². The second-order valence-electron chi connectivity index (χ2n) is 6.48. The predicted molar refractivity (Wildman–Crippen MR) is 87.0 cm³/mol. The van der Waals surface area contributed by atoms with E-state index in [9.17, 15) is 9.90 Å². The molecule has 1 aromatic rings. The summed E-state index contributed by atoms with van der Waals surface area (Å²) in [5, 5.41) is 10.2. The van der Waals surface area contributed by atoms with Crippen LogP contribution in [0.25, 0.3) is 0 Å². The van der Waals surface area contributed by atoms with Crippen molar-refractivity contribution in [1.82, 2.24) is 9.80 Å². The number of carbonyl (C=O) groups excluding carboxylic acids is 1. The Bertz CT molecular complexity index is 541. The summed E-state index contributed by atoms with van der Waals surface area (Å²) >= 11 is 6.03. The highest BCUT2D eigenvalue weighted by Gasteiger charge is 2.46. The first kappa shape index (κ1) is 15.8. The number of rotatable bonds is 4. The molecule has 5 heteroatoms. The van der Waals surface area contributed by atoms with Crippen LogP contribution < -0.4 is 0 Å². The van der Waals surface area contributed by atoms with Gasteiger partial charge in [0, 0.05) is 43.7 Å². The molecule has 1 aliphatic heterocycles. The van der Waals surface area contributed by atoms with E-state index in [1.807, 2.05) is 23.1 Å². The molecule has 1 aromatic carbocycles. The molecule has 2 aliphatic rings. The standard InChI is InChI=1S/C17H23ClN2O2/c1-12(21)11-19-5-7-20(8-6-19)17(22)16-10-15(16)13-3-2-4-14(18)9-13/h2-4,9,12,15-16,21H,5-8,10-11H2,1H3/t12-,15+,16+/m0/s1. The molecular formula is C17H23ClN2O2. The lowest BCUT2D eigenvalue weighted by molar-refractivity contribution is -0.134. The highest BCUT2D eigenvalue weighted by Crippen LogP contribution is 2.48. The number of halogens is 1. The number of benzene rings is 1. The number of aliphatic hydroxyl groups excluding tert-OH is 1. The van der Waals surface area contributed by atoms with Gasteiger partial charge >= 0.3 is 0 Å². The summed E-state index contributed by atoms with van der Waals surface area (Å²) in [6.45, 7) is 5.74. The van der Waals surface area contributed by atoms with Crippen LogP contribution in [-0.4, -0.2) is 59.6 Å². The Morgan fingerprint density at radius 2 is 2.09 bits per heavy atom. The zero-order valence-corrected chi connectivity index (χ0v) is 13.7. The minimum absolute atomic E-state index is 0.127. The van der Waals surface area contributed by atoms with Gasteiger partial charge in [0.15, 0.2) is 0 Å². The molecule has 1 amide bonds. The highest BCUT2D eigenvalue weighted by atomic mass is 35.5. The van der Waals surface area contributed by atoms with E-state index in [0.717, 1.165) is 37.6 Å². The van der Waals surface area contributed by atoms with Crippen LogP contribution >= 0.6 is 11.6 Å². The zero-order valence-electron chi connectivity index (χ0n) is 12.9. The van der Waals surface area contributed by atoms with Gasteiger partial charge in [-0.1, -0.05) is 23.7 Å². The largest absolute Gasteiger partial charge is 0.392 e. The molecule has 1 heterocycles. The van der Waals surface area contributed by atoms with Gasteiger partial charge in [0.25, 0.3) is 0 Å². The minimum atomic E-state index is -0.308. The SMILES string of the molecule is C[C@H](O)CN1CCN(C(=O)[C@@H]2C[C@@H]2c2cccc(Cl)c2)CC1. The smallest absolute Gasteiger partial charge is 0.226 e. The van der Waals surface area contributed by atoms with Crippen LogP contribution in [0.2, 0.25) is 5.02 Å². The van der Waals surface area contributed by atoms with E-state index in [1.54, 1.807) is 6.92 Å². The van der Waals surface area contributed by atoms with Crippen molar-refractivity contribution in [1.29, 1.82) is 0 Å². The van der Waals surface area contributed by atoms with Crippen LogP contribution in [0.5, 0.6) is 0 Å². The van der Waals surface area contributed by atoms with Crippen molar-refractivity contribution in [3.63, 3.8) is 0 Å². The summed E-state index contributed by atoms with van der Waals surface area (Å²) in [5.41, 5.74) is 1.18. The molecule has 120 valence electrons. The number of hydrogen-bond acceptors (Lipinski definition) is 3. The molecule has 1 saturated heterocycles. The molecule has 0 unspecified atom stereocenters. The maximum absolute atomic E-state index is 12.6. The number of nitrogens with zero attached hydrogens (tertiary/aromatic N) is 2. The normalized spacial score (nSPS) is 26.8. The van der Waals surface area contributed by atoms with E-state index in [0.29, 0.717) is 12.5 Å². The van der Waals surface area contributed by atoms with E-state index in [1.165, 1.54) is 5.56 Å². The van der Waals surface area contributed by atoms with Crippen molar-refractivity contribution in [3.8, 4) is 0 Å². The van der Waals surface area contributed by atoms with Gasteiger partial charge in [-0.2, -0.15) is 0 Å². The summed E-state index contributed by atoms with van der Waals surface area (Å²) in [6, 6.07) is 7.85. The number of aliphatic hydroxyl groups is 1. The maximum Gasteiger partial charge on any atom is 0.226 e. The van der Waals surface area contributed by atoms with Crippen LogP contribution in [-0.2, 0) is 4.79 Å². The Balaban J connectivity index is 1.52. The zero-order chi connectivity index (χ0) is 15.7. The summed E-state index contributed by atoms with van der Waals surface area (Å²) in [5.74, 6) is 0.741. The number of piperazine rings is 1. The van der Waals surface area contributed by atoms with Crippen molar-refractivity contribution < 1.29 is 9.90 Å². The molecule has 0 radical (unpaired) electrons. The fourth-order valence-corrected chi connectivity index (χ4v) is 3.53. The van der Waals surface area contributed by atoms with Crippen molar-refractivity contribution in [2.45, 2.75) is 25.4 Å². The lowest BCUT2D eigenvalue weighted by Gasteiger charge is -2.35. The van der Waals surface area contributed by atoms with Gasteiger partial charge in [0.05, 0.1) is 6.10 Å². The first-order valence-corrected chi connectivity index (χ1v) is 8.37. The van der Waals surface area contributed by atoms with Gasteiger partial charge in [-0.25, -0.2) is 0 Å². The molecule has 22 heavy (non-hydrogen) atoms. The third kappa shape index (κ3) is 3.62. The first-order chi connectivity index (χ1) is 10.5. The van der Waals surface area contributed by atoms with E-state index >= 15 is 0 Å². The number of β-amino-alcohol motifs (C(OH)–C–C–N with tert-alkyl or cyclic N) is 1. The van der Waals surface area contributed by atoms with Crippen molar-refractivity contribution in [3.05, 3.63) is 34.9 Å². The molecule has 4 nitrogen and oxygen atoms in total. The monoisotopic (exact) mass is 322 g/mol. The van der Waals surface area contributed by atoms with Crippen molar-refractivity contribution in [2.75, 3.05) is 32.7 Å². The second-order valence-corrected chi connectivity index (χ2v) is 6.92. The molecule has 0 aromatic heterocycles. The molecule has 2 fully saturated rings. The molecular weight excluding hydrogens is 300 g/mol. The van der Waals surface area contributed by atoms with E-state index in [-0.39, 0.29) is 17.9 Å². The Morgan fingerprint density at radius 1 is 1.36 bits per heavy atom. The molecule has 0 spiro atoms. The molecule has 1 aliphatic carbocycles. The fraction of sp³-hybridized carbons (Fsp3) is 0.588. The third-order valence-electron chi connectivity index (χ3n) is 4.59. The lowest BCUT2D eigenvalue weighted by Crippen LogP contribution is -2.50. The maximum atomic E-state index is 12.6. The lowest BCUT2D eigenvalue weighted by atomic mass is 10.1. The average Bonchev–Trinajstić information content (AvgIpc) is 3.27. The van der Waals surface area contributed by atoms with Crippen molar-refractivity contribution >= 4 is 17.5 Å². The van der Waals surface area contributed by atoms with Crippen LogP contribution in [0, 0.1) is 5.92 Å². The Morgan fingerprint density at radius 3 is 2.73 bits per heavy atom. The summed E-state index contributed by atoms with van der Waals surface area (Å²) < 4.78 is 0. The van der Waals surface area contributed by atoms with E-state index in [4.69, 9.17) is 11.6 Å². The van der Waals surface area contributed by atoms with Gasteiger partial charge in [0.2, 0.25) is 5.91 Å². The summed E-state index contributed by atoms with van der Waals surface area (Å²) in [7, 11) is 0. The molecule has 1 N–H and O–H groups in total. The van der Waals surface area contributed by atoms with Gasteiger partial charge in [0.1, 0.15) is 0 Å². The predicted octanol–water partition coefficient (Wildman–Crippen LogP) is 1.97. The summed E-state index contributed by atoms with van der Waals surface area (Å²) in [6.07, 6.45) is 0.630. The number of carbonyl (C=O) groups is 1. The van der Waals surface area contributed by atoms with Crippen LogP contribution in [0.1, 0.15) is 24.8 Å². The second kappa shape index (κ2) is 6.57. The van der Waals surface area contributed by atoms with E-state index in [2.05, 4.69) is 11.0 Å². The fourth-order valence-electron chi connectivity index (χ4n) is 3.33. The van der Waals surface area contributed by atoms with Crippen LogP contribution in [0.3, 0.4) is 0 Å². The van der Waals surface area contributed by atoms with E-state index < -0.39 is 0 Å². The molecule has 1 saturated carbocycles. The van der Waals surface area contributed by atoms with Gasteiger partial charge in [-0.3, -0.25) is 9.69 Å². The van der Waals surface area contributed by atoms with Gasteiger partial charge in [-0.15, -0.1) is 0 Å². The Kier molecular flexibility index (Phi) is 4.71. The minimum Gasteiger partial charge on any atom is -0.392 e. The average molecular weight is 323 g/mol. The quantitative estimate of drug-likeness (QED) is 0.921. The Labute approximate surface area is 136 Å². The van der Waals surface area contributed by atoms with Crippen molar-refractivity contribution in [2.24, 2.45) is 5.92 Å². The Hall–Kier alpha value is -1.10. The molecule has 0 bridgehead atoms.